The number of nitrogens with one attached hydrogen (secondary N) is 1. The highest BCUT2D eigenvalue weighted by molar-refractivity contribution is 7.10. The first-order valence-corrected chi connectivity index (χ1v) is 9.15. The minimum Gasteiger partial charge on any atom is -0.349 e. The Morgan fingerprint density at radius 3 is 2.96 bits per heavy atom. The van der Waals surface area contributed by atoms with E-state index in [2.05, 4.69) is 33.6 Å². The lowest BCUT2D eigenvalue weighted by molar-refractivity contribution is 0.0928. The van der Waals surface area contributed by atoms with E-state index in [0.29, 0.717) is 24.8 Å². The molecule has 0 fully saturated rings. The first-order chi connectivity index (χ1) is 10.7. The second-order valence-electron chi connectivity index (χ2n) is 5.48. The number of thiazole rings is 1. The average Bonchev–Trinajstić information content (AvgIpc) is 3.19. The molecular formula is C15H22Cl2N4OS2. The normalized spacial score (nSPS) is 14.9. The summed E-state index contributed by atoms with van der Waals surface area (Å²) in [6, 6.07) is 2.52. The van der Waals surface area contributed by atoms with E-state index in [9.17, 15) is 4.79 Å². The molecule has 0 aliphatic carbocycles. The van der Waals surface area contributed by atoms with Crippen LogP contribution in [0.4, 0.5) is 0 Å². The van der Waals surface area contributed by atoms with Gasteiger partial charge in [0.25, 0.3) is 5.91 Å². The van der Waals surface area contributed by atoms with Crippen molar-refractivity contribution in [2.45, 2.75) is 32.5 Å². The zero-order chi connectivity index (χ0) is 15.5. The summed E-state index contributed by atoms with van der Waals surface area (Å²) in [6.07, 6.45) is 1.11. The number of fused-ring (bicyclic) bond motifs is 1. The molecule has 2 aromatic heterocycles. The third-order valence-electron chi connectivity index (χ3n) is 3.98. The fraction of sp³-hybridized carbons (Fsp3) is 0.467. The molecule has 0 aromatic carbocycles. The van der Waals surface area contributed by atoms with Crippen molar-refractivity contribution in [2.75, 3.05) is 13.1 Å². The predicted molar refractivity (Wildman–Crippen MR) is 105 cm³/mol. The molecular weight excluding hydrogens is 387 g/mol. The molecule has 3 rings (SSSR count). The van der Waals surface area contributed by atoms with Crippen LogP contribution in [0.25, 0.3) is 0 Å². The van der Waals surface area contributed by atoms with Crippen LogP contribution in [0.15, 0.2) is 16.8 Å². The SMILES string of the molecule is CC(CNC(=O)c1csc(CN)n1)N1CCc2sccc2C1.Cl.Cl. The van der Waals surface area contributed by atoms with Gasteiger partial charge in [-0.05, 0) is 30.4 Å². The van der Waals surface area contributed by atoms with Gasteiger partial charge in [-0.2, -0.15) is 0 Å². The maximum absolute atomic E-state index is 12.1. The van der Waals surface area contributed by atoms with Crippen LogP contribution in [-0.2, 0) is 19.5 Å². The largest absolute Gasteiger partial charge is 0.349 e. The summed E-state index contributed by atoms with van der Waals surface area (Å²) in [7, 11) is 0. The predicted octanol–water partition coefficient (Wildman–Crippen LogP) is 2.68. The maximum atomic E-state index is 12.1. The first kappa shape index (κ1) is 21.3. The molecule has 134 valence electrons. The Bertz CT molecular complexity index is 661. The highest BCUT2D eigenvalue weighted by Crippen LogP contribution is 2.24. The van der Waals surface area contributed by atoms with Gasteiger partial charge in [0.2, 0.25) is 0 Å². The van der Waals surface area contributed by atoms with Crippen LogP contribution in [0.3, 0.4) is 0 Å². The van der Waals surface area contributed by atoms with Crippen LogP contribution >= 0.6 is 47.5 Å². The summed E-state index contributed by atoms with van der Waals surface area (Å²) in [4.78, 5) is 20.2. The molecule has 2 aromatic rings. The molecule has 9 heteroatoms. The zero-order valence-corrected chi connectivity index (χ0v) is 16.6. The summed E-state index contributed by atoms with van der Waals surface area (Å²) >= 11 is 3.27. The van der Waals surface area contributed by atoms with Gasteiger partial charge in [-0.1, -0.05) is 0 Å². The van der Waals surface area contributed by atoms with Crippen molar-refractivity contribution >= 4 is 53.4 Å². The molecule has 1 unspecified atom stereocenters. The van der Waals surface area contributed by atoms with Crippen LogP contribution in [0.1, 0.15) is 32.9 Å². The number of rotatable bonds is 5. The molecule has 0 spiro atoms. The Kier molecular flexibility index (Phi) is 8.62. The highest BCUT2D eigenvalue weighted by atomic mass is 35.5. The number of carbonyl (C=O) groups excluding carboxylic acids is 1. The van der Waals surface area contributed by atoms with Gasteiger partial charge in [-0.15, -0.1) is 47.5 Å². The standard InChI is InChI=1S/C15H20N4OS2.2ClH/c1-10(19-4-2-13-11(8-19)3-5-21-13)7-17-15(20)12-9-22-14(6-16)18-12;;/h3,5,9-10H,2,4,6-8,16H2,1H3,(H,17,20);2*1H. The number of halogens is 2. The number of carbonyl (C=O) groups is 1. The fourth-order valence-electron chi connectivity index (χ4n) is 2.62. The van der Waals surface area contributed by atoms with Gasteiger partial charge in [-0.25, -0.2) is 4.98 Å². The Balaban J connectivity index is 0.00000144. The van der Waals surface area contributed by atoms with Crippen LogP contribution < -0.4 is 11.1 Å². The highest BCUT2D eigenvalue weighted by Gasteiger charge is 2.22. The number of nitrogens with two attached hydrogens (primary N) is 1. The quantitative estimate of drug-likeness (QED) is 0.797. The number of amides is 1. The zero-order valence-electron chi connectivity index (χ0n) is 13.4. The molecule has 1 aliphatic rings. The van der Waals surface area contributed by atoms with Crippen molar-refractivity contribution in [1.29, 1.82) is 0 Å². The Labute approximate surface area is 162 Å². The van der Waals surface area contributed by atoms with E-state index in [1.807, 2.05) is 11.3 Å². The van der Waals surface area contributed by atoms with Crippen LogP contribution in [0.2, 0.25) is 0 Å². The summed E-state index contributed by atoms with van der Waals surface area (Å²) in [5, 5.41) is 7.70. The molecule has 0 saturated heterocycles. The third kappa shape index (κ3) is 4.91. The molecule has 1 amide bonds. The molecule has 0 radical (unpaired) electrons. The summed E-state index contributed by atoms with van der Waals surface area (Å²) in [6.45, 7) is 5.20. The van der Waals surface area contributed by atoms with E-state index in [1.165, 1.54) is 21.8 Å². The molecule has 0 bridgehead atoms. The van der Waals surface area contributed by atoms with E-state index >= 15 is 0 Å². The Morgan fingerprint density at radius 1 is 1.46 bits per heavy atom. The number of aromatic nitrogens is 1. The summed E-state index contributed by atoms with van der Waals surface area (Å²) in [5.41, 5.74) is 7.42. The minimum atomic E-state index is -0.115. The molecule has 5 nitrogen and oxygen atoms in total. The number of hydrogen-bond acceptors (Lipinski definition) is 6. The van der Waals surface area contributed by atoms with Crippen molar-refractivity contribution < 1.29 is 4.79 Å². The summed E-state index contributed by atoms with van der Waals surface area (Å²) in [5.74, 6) is -0.115. The van der Waals surface area contributed by atoms with Crippen molar-refractivity contribution in [3.8, 4) is 0 Å². The van der Waals surface area contributed by atoms with E-state index in [4.69, 9.17) is 5.73 Å². The van der Waals surface area contributed by atoms with Crippen molar-refractivity contribution in [2.24, 2.45) is 5.73 Å². The van der Waals surface area contributed by atoms with Crippen LogP contribution in [-0.4, -0.2) is 34.9 Å². The molecule has 1 aliphatic heterocycles. The fourth-order valence-corrected chi connectivity index (χ4v) is 4.16. The molecule has 3 N–H and O–H groups in total. The van der Waals surface area contributed by atoms with Gasteiger partial charge < -0.3 is 11.1 Å². The molecule has 1 atom stereocenters. The third-order valence-corrected chi connectivity index (χ3v) is 5.87. The number of hydrogen-bond donors (Lipinski definition) is 2. The van der Waals surface area contributed by atoms with Gasteiger partial charge in [0, 0.05) is 42.5 Å². The van der Waals surface area contributed by atoms with Crippen LogP contribution in [0.5, 0.6) is 0 Å². The smallest absolute Gasteiger partial charge is 0.270 e. The molecule has 3 heterocycles. The molecule has 0 saturated carbocycles. The van der Waals surface area contributed by atoms with Crippen molar-refractivity contribution in [3.05, 3.63) is 38.0 Å². The Morgan fingerprint density at radius 2 is 2.25 bits per heavy atom. The van der Waals surface area contributed by atoms with Gasteiger partial charge in [0.05, 0.1) is 0 Å². The second kappa shape index (κ2) is 9.70. The van der Waals surface area contributed by atoms with Crippen molar-refractivity contribution in [1.82, 2.24) is 15.2 Å². The minimum absolute atomic E-state index is 0. The van der Waals surface area contributed by atoms with E-state index in [0.717, 1.165) is 24.5 Å². The second-order valence-corrected chi connectivity index (χ2v) is 7.42. The van der Waals surface area contributed by atoms with E-state index < -0.39 is 0 Å². The van der Waals surface area contributed by atoms with E-state index in [1.54, 1.807) is 5.38 Å². The maximum Gasteiger partial charge on any atom is 0.270 e. The number of thiophene rings is 1. The lowest BCUT2D eigenvalue weighted by Gasteiger charge is -2.32. The van der Waals surface area contributed by atoms with Gasteiger partial charge in [-0.3, -0.25) is 9.69 Å². The average molecular weight is 409 g/mol. The van der Waals surface area contributed by atoms with E-state index in [-0.39, 0.29) is 30.7 Å². The lowest BCUT2D eigenvalue weighted by Crippen LogP contribution is -2.44. The van der Waals surface area contributed by atoms with Crippen molar-refractivity contribution in [3.63, 3.8) is 0 Å². The lowest BCUT2D eigenvalue weighted by atomic mass is 10.1. The molecule has 24 heavy (non-hydrogen) atoms. The van der Waals surface area contributed by atoms with Gasteiger partial charge in [0.1, 0.15) is 10.7 Å². The first-order valence-electron chi connectivity index (χ1n) is 7.39. The van der Waals surface area contributed by atoms with Crippen LogP contribution in [0, 0.1) is 0 Å². The topological polar surface area (TPSA) is 71.2 Å². The Hall–Kier alpha value is -0.700. The number of nitrogens with zero attached hydrogens (tertiary/aromatic N) is 2. The summed E-state index contributed by atoms with van der Waals surface area (Å²) < 4.78 is 0. The monoisotopic (exact) mass is 408 g/mol. The van der Waals surface area contributed by atoms with Gasteiger partial charge >= 0.3 is 0 Å². The van der Waals surface area contributed by atoms with Gasteiger partial charge in [0.15, 0.2) is 0 Å².